The Morgan fingerprint density at radius 3 is 2.41 bits per heavy atom. The van der Waals surface area contributed by atoms with Gasteiger partial charge < -0.3 is 9.84 Å². The largest absolute Gasteiger partial charge is 0.491 e. The average Bonchev–Trinajstić information content (AvgIpc) is 3.42. The van der Waals surface area contributed by atoms with E-state index in [1.54, 1.807) is 0 Å². The molecule has 1 atom stereocenters. The number of tetrazole rings is 1. The van der Waals surface area contributed by atoms with E-state index < -0.39 is 0 Å². The Labute approximate surface area is 230 Å². The summed E-state index contributed by atoms with van der Waals surface area (Å²) < 4.78 is 7.65. The number of aliphatic hydroxyl groups excluding tert-OH is 1. The van der Waals surface area contributed by atoms with Crippen LogP contribution in [-0.4, -0.2) is 81.1 Å². The Kier molecular flexibility index (Phi) is 8.78. The number of rotatable bonds is 10. The number of para-hydroxylation sites is 1. The maximum absolute atomic E-state index is 9.25. The number of nitrogens with zero attached hydrogens (tertiary/aromatic N) is 6. The highest BCUT2D eigenvalue weighted by Crippen LogP contribution is 2.32. The molecule has 0 bridgehead atoms. The Bertz CT molecular complexity index is 1360. The first-order valence-electron chi connectivity index (χ1n) is 13.5. The molecule has 1 saturated heterocycles. The zero-order chi connectivity index (χ0) is 27.0. The van der Waals surface area contributed by atoms with Crippen molar-refractivity contribution < 1.29 is 9.84 Å². The van der Waals surface area contributed by atoms with Gasteiger partial charge in [0, 0.05) is 32.7 Å². The maximum atomic E-state index is 9.25. The topological polar surface area (TPSA) is 79.5 Å². The van der Waals surface area contributed by atoms with Gasteiger partial charge in [-0.3, -0.25) is 9.80 Å². The third-order valence-electron chi connectivity index (χ3n) is 7.17. The second-order valence-electron chi connectivity index (χ2n) is 9.89. The smallest absolute Gasteiger partial charge is 0.178 e. The van der Waals surface area contributed by atoms with Crippen molar-refractivity contribution in [1.82, 2.24) is 30.0 Å². The molecular formula is C31H36N6O2. The molecule has 0 aliphatic carbocycles. The standard InChI is InChI=1S/C31H36N6O2/c1-24-9-6-10-25(2)29(24)37-31(32-33-34-37)30(27-14-7-15-28(23-27)39-22-21-38)36-19-17-35(18-20-36)16-8-13-26-11-4-3-5-12-26/h3-15,23,30,38H,16-22H2,1-2H3/b13-8+/t30-/m0/s1. The molecule has 1 aliphatic heterocycles. The van der Waals surface area contributed by atoms with E-state index >= 15 is 0 Å². The van der Waals surface area contributed by atoms with Crippen LogP contribution in [0.3, 0.4) is 0 Å². The third kappa shape index (κ3) is 6.42. The lowest BCUT2D eigenvalue weighted by Gasteiger charge is -2.38. The van der Waals surface area contributed by atoms with Gasteiger partial charge in [-0.25, -0.2) is 0 Å². The van der Waals surface area contributed by atoms with Gasteiger partial charge in [-0.15, -0.1) is 5.10 Å². The summed E-state index contributed by atoms with van der Waals surface area (Å²) in [7, 11) is 0. The quantitative estimate of drug-likeness (QED) is 0.335. The van der Waals surface area contributed by atoms with Crippen molar-refractivity contribution in [2.45, 2.75) is 19.9 Å². The lowest BCUT2D eigenvalue weighted by molar-refractivity contribution is 0.113. The van der Waals surface area contributed by atoms with Gasteiger partial charge in [0.1, 0.15) is 12.4 Å². The maximum Gasteiger partial charge on any atom is 0.178 e. The summed E-state index contributed by atoms with van der Waals surface area (Å²) in [6, 6.07) is 24.6. The van der Waals surface area contributed by atoms with Gasteiger partial charge in [0.15, 0.2) is 5.82 Å². The van der Waals surface area contributed by atoms with E-state index in [0.29, 0.717) is 0 Å². The molecule has 8 nitrogen and oxygen atoms in total. The van der Waals surface area contributed by atoms with Gasteiger partial charge in [-0.05, 0) is 58.7 Å². The fourth-order valence-electron chi connectivity index (χ4n) is 5.23. The minimum Gasteiger partial charge on any atom is -0.491 e. The minimum absolute atomic E-state index is 0.0286. The number of aliphatic hydroxyl groups is 1. The molecule has 4 aromatic rings. The van der Waals surface area contributed by atoms with Crippen LogP contribution in [0.15, 0.2) is 78.9 Å². The Balaban J connectivity index is 1.41. The van der Waals surface area contributed by atoms with Gasteiger partial charge in [0.25, 0.3) is 0 Å². The van der Waals surface area contributed by atoms with Crippen LogP contribution >= 0.6 is 0 Å². The number of hydrogen-bond donors (Lipinski definition) is 1. The molecule has 1 aliphatic rings. The van der Waals surface area contributed by atoms with Gasteiger partial charge in [-0.1, -0.05) is 72.8 Å². The summed E-state index contributed by atoms with van der Waals surface area (Å²) in [6.45, 7) is 8.97. The lowest BCUT2D eigenvalue weighted by atomic mass is 10.0. The summed E-state index contributed by atoms with van der Waals surface area (Å²) in [4.78, 5) is 4.93. The molecule has 0 amide bonds. The van der Waals surface area contributed by atoms with E-state index in [4.69, 9.17) is 4.74 Å². The van der Waals surface area contributed by atoms with Crippen molar-refractivity contribution in [3.63, 3.8) is 0 Å². The van der Waals surface area contributed by atoms with Crippen LogP contribution in [0.25, 0.3) is 11.8 Å². The van der Waals surface area contributed by atoms with Crippen molar-refractivity contribution >= 4 is 6.08 Å². The Hall–Kier alpha value is -3.85. The van der Waals surface area contributed by atoms with Crippen LogP contribution in [0, 0.1) is 13.8 Å². The number of aryl methyl sites for hydroxylation is 2. The molecule has 39 heavy (non-hydrogen) atoms. The van der Waals surface area contributed by atoms with Gasteiger partial charge >= 0.3 is 0 Å². The van der Waals surface area contributed by atoms with Gasteiger partial charge in [0.2, 0.25) is 0 Å². The van der Waals surface area contributed by atoms with Crippen LogP contribution in [0.2, 0.25) is 0 Å². The molecule has 8 heteroatoms. The summed E-state index contributed by atoms with van der Waals surface area (Å²) in [5.74, 6) is 1.51. The minimum atomic E-state index is -0.154. The molecule has 202 valence electrons. The second kappa shape index (κ2) is 12.8. The zero-order valence-corrected chi connectivity index (χ0v) is 22.6. The first kappa shape index (κ1) is 26.7. The van der Waals surface area contributed by atoms with Crippen LogP contribution in [0.4, 0.5) is 0 Å². The van der Waals surface area contributed by atoms with E-state index in [-0.39, 0.29) is 19.3 Å². The molecule has 1 fully saturated rings. The number of hydrogen-bond acceptors (Lipinski definition) is 7. The highest BCUT2D eigenvalue weighted by molar-refractivity contribution is 5.49. The van der Waals surface area contributed by atoms with Crippen LogP contribution in [0.5, 0.6) is 5.75 Å². The second-order valence-corrected chi connectivity index (χ2v) is 9.89. The predicted molar refractivity (Wildman–Crippen MR) is 153 cm³/mol. The Morgan fingerprint density at radius 1 is 0.923 bits per heavy atom. The first-order valence-corrected chi connectivity index (χ1v) is 13.5. The molecule has 3 aromatic carbocycles. The normalized spacial score (nSPS) is 15.6. The predicted octanol–water partition coefficient (Wildman–Crippen LogP) is 4.07. The SMILES string of the molecule is Cc1cccc(C)c1-n1nnnc1[C@H](c1cccc(OCCO)c1)N1CCN(C/C=C/c2ccccc2)CC1. The molecule has 0 saturated carbocycles. The van der Waals surface area contributed by atoms with Crippen LogP contribution in [-0.2, 0) is 0 Å². The molecule has 1 aromatic heterocycles. The average molecular weight is 525 g/mol. The summed E-state index contributed by atoms with van der Waals surface area (Å²) >= 11 is 0. The summed E-state index contributed by atoms with van der Waals surface area (Å²) in [5, 5.41) is 22.4. The van der Waals surface area contributed by atoms with E-state index in [1.165, 1.54) is 5.56 Å². The van der Waals surface area contributed by atoms with Crippen molar-refractivity contribution in [2.24, 2.45) is 0 Å². The molecule has 5 rings (SSSR count). The summed E-state index contributed by atoms with van der Waals surface area (Å²) in [5.41, 5.74) is 5.54. The zero-order valence-electron chi connectivity index (χ0n) is 22.6. The molecule has 2 heterocycles. The van der Waals surface area contributed by atoms with E-state index in [2.05, 4.69) is 99.9 Å². The Morgan fingerprint density at radius 2 is 1.67 bits per heavy atom. The number of piperazine rings is 1. The highest BCUT2D eigenvalue weighted by Gasteiger charge is 2.31. The third-order valence-corrected chi connectivity index (χ3v) is 7.17. The van der Waals surface area contributed by atoms with Gasteiger partial charge in [0.05, 0.1) is 18.3 Å². The van der Waals surface area contributed by atoms with Crippen LogP contribution < -0.4 is 4.74 Å². The van der Waals surface area contributed by atoms with E-state index in [0.717, 1.165) is 66.7 Å². The van der Waals surface area contributed by atoms with Crippen molar-refractivity contribution in [3.8, 4) is 11.4 Å². The molecule has 1 N–H and O–H groups in total. The van der Waals surface area contributed by atoms with Crippen molar-refractivity contribution in [1.29, 1.82) is 0 Å². The monoisotopic (exact) mass is 524 g/mol. The summed E-state index contributed by atoms with van der Waals surface area (Å²) in [6.07, 6.45) is 4.43. The van der Waals surface area contributed by atoms with Crippen molar-refractivity contribution in [2.75, 3.05) is 45.9 Å². The van der Waals surface area contributed by atoms with Crippen LogP contribution in [0.1, 0.15) is 34.1 Å². The van der Waals surface area contributed by atoms with Crippen molar-refractivity contribution in [3.05, 3.63) is 107 Å². The first-order chi connectivity index (χ1) is 19.1. The lowest BCUT2D eigenvalue weighted by Crippen LogP contribution is -2.48. The fourth-order valence-corrected chi connectivity index (χ4v) is 5.23. The number of aromatic nitrogens is 4. The molecule has 0 radical (unpaired) electrons. The van der Waals surface area contributed by atoms with E-state index in [1.807, 2.05) is 28.9 Å². The fraction of sp³-hybridized carbons (Fsp3) is 0.323. The molecule has 0 spiro atoms. The molecular weight excluding hydrogens is 488 g/mol. The number of ether oxygens (including phenoxy) is 1. The highest BCUT2D eigenvalue weighted by atomic mass is 16.5. The molecule has 0 unspecified atom stereocenters. The van der Waals surface area contributed by atoms with Gasteiger partial charge in [-0.2, -0.15) is 4.68 Å². The van der Waals surface area contributed by atoms with E-state index in [9.17, 15) is 5.11 Å². The number of benzene rings is 3.